The first-order valence-corrected chi connectivity index (χ1v) is 9.10. The van der Waals surface area contributed by atoms with Crippen LogP contribution < -0.4 is 5.56 Å². The molecule has 0 N–H and O–H groups in total. The average Bonchev–Trinajstić information content (AvgIpc) is 2.71. The Kier molecular flexibility index (Phi) is 4.87. The van der Waals surface area contributed by atoms with Crippen LogP contribution >= 0.6 is 11.6 Å². The fourth-order valence-electron chi connectivity index (χ4n) is 3.20. The number of hydrogen-bond donors (Lipinski definition) is 0. The number of hydrogen-bond acceptors (Lipinski definition) is 5. The van der Waals surface area contributed by atoms with Gasteiger partial charge in [0, 0.05) is 26.2 Å². The minimum Gasteiger partial charge on any atom is -0.336 e. The van der Waals surface area contributed by atoms with Crippen molar-refractivity contribution in [2.24, 2.45) is 0 Å². The molecular formula is C19H18ClN5O2. The van der Waals surface area contributed by atoms with Crippen molar-refractivity contribution in [1.82, 2.24) is 24.8 Å². The highest BCUT2D eigenvalue weighted by atomic mass is 35.5. The lowest BCUT2D eigenvalue weighted by atomic mass is 10.2. The summed E-state index contributed by atoms with van der Waals surface area (Å²) in [6.45, 7) is 2.79. The highest BCUT2D eigenvalue weighted by Gasteiger charge is 2.24. The highest BCUT2D eigenvalue weighted by molar-refractivity contribution is 6.33. The topological polar surface area (TPSA) is 71.3 Å². The number of carbonyl (C=O) groups is 1. The molecule has 2 aromatic carbocycles. The lowest BCUT2D eigenvalue weighted by Crippen LogP contribution is -2.50. The molecule has 0 unspecified atom stereocenters. The molecule has 0 bridgehead atoms. The molecule has 0 atom stereocenters. The number of rotatable bonds is 3. The lowest BCUT2D eigenvalue weighted by Gasteiger charge is -2.34. The van der Waals surface area contributed by atoms with Crippen LogP contribution in [0.15, 0.2) is 53.3 Å². The van der Waals surface area contributed by atoms with Gasteiger partial charge in [-0.25, -0.2) is 0 Å². The van der Waals surface area contributed by atoms with E-state index < -0.39 is 0 Å². The maximum absolute atomic E-state index is 12.6. The van der Waals surface area contributed by atoms with Gasteiger partial charge in [-0.05, 0) is 24.3 Å². The number of carbonyl (C=O) groups excluding carboxylic acids is 1. The second kappa shape index (κ2) is 7.46. The van der Waals surface area contributed by atoms with Gasteiger partial charge in [-0.1, -0.05) is 41.1 Å². The first-order valence-electron chi connectivity index (χ1n) is 8.72. The number of nitrogens with zero attached hydrogens (tertiary/aromatic N) is 5. The summed E-state index contributed by atoms with van der Waals surface area (Å²) in [4.78, 5) is 29.1. The van der Waals surface area contributed by atoms with E-state index >= 15 is 0 Å². The Balaban J connectivity index is 1.43. The van der Waals surface area contributed by atoms with Crippen LogP contribution in [0.25, 0.3) is 10.9 Å². The Bertz CT molecular complexity index is 1040. The predicted molar refractivity (Wildman–Crippen MR) is 103 cm³/mol. The molecule has 1 aliphatic heterocycles. The van der Waals surface area contributed by atoms with E-state index in [0.29, 0.717) is 54.3 Å². The number of fused-ring (bicyclic) bond motifs is 1. The monoisotopic (exact) mass is 383 g/mol. The third kappa shape index (κ3) is 3.56. The van der Waals surface area contributed by atoms with Gasteiger partial charge in [0.05, 0.1) is 22.6 Å². The zero-order valence-electron chi connectivity index (χ0n) is 14.6. The van der Waals surface area contributed by atoms with Crippen molar-refractivity contribution in [2.45, 2.75) is 6.67 Å². The van der Waals surface area contributed by atoms with E-state index in [1.165, 1.54) is 4.68 Å². The summed E-state index contributed by atoms with van der Waals surface area (Å²) >= 11 is 6.13. The average molecular weight is 384 g/mol. The molecule has 1 saturated heterocycles. The van der Waals surface area contributed by atoms with Gasteiger partial charge in [0.1, 0.15) is 5.52 Å². The minimum absolute atomic E-state index is 0.0667. The van der Waals surface area contributed by atoms with E-state index in [0.717, 1.165) is 0 Å². The quantitative estimate of drug-likeness (QED) is 0.690. The molecule has 138 valence electrons. The summed E-state index contributed by atoms with van der Waals surface area (Å²) in [6.07, 6.45) is 0. The van der Waals surface area contributed by atoms with Gasteiger partial charge in [-0.3, -0.25) is 14.5 Å². The summed E-state index contributed by atoms with van der Waals surface area (Å²) in [5, 5.41) is 9.15. The normalized spacial score (nSPS) is 15.2. The molecular weight excluding hydrogens is 366 g/mol. The van der Waals surface area contributed by atoms with Gasteiger partial charge < -0.3 is 4.90 Å². The summed E-state index contributed by atoms with van der Waals surface area (Å²) in [6, 6.07) is 14.2. The fraction of sp³-hybridized carbons (Fsp3) is 0.263. The summed E-state index contributed by atoms with van der Waals surface area (Å²) < 4.78 is 1.37. The first-order chi connectivity index (χ1) is 13.1. The van der Waals surface area contributed by atoms with Crippen LogP contribution in [-0.4, -0.2) is 56.9 Å². The van der Waals surface area contributed by atoms with Gasteiger partial charge in [0.15, 0.2) is 0 Å². The molecule has 1 aromatic heterocycles. The zero-order chi connectivity index (χ0) is 18.8. The number of benzene rings is 2. The molecule has 2 heterocycles. The standard InChI is InChI=1S/C19H18ClN5O2/c20-16-7-3-1-5-14(16)18(26)24-11-9-23(10-12-24)13-25-19(27)15-6-2-4-8-17(15)21-22-25/h1-8H,9-13H2. The Labute approximate surface area is 160 Å². The number of piperazine rings is 1. The molecule has 0 radical (unpaired) electrons. The van der Waals surface area contributed by atoms with Crippen LogP contribution in [-0.2, 0) is 6.67 Å². The third-order valence-electron chi connectivity index (χ3n) is 4.73. The van der Waals surface area contributed by atoms with Crippen molar-refractivity contribution in [2.75, 3.05) is 26.2 Å². The highest BCUT2D eigenvalue weighted by Crippen LogP contribution is 2.18. The van der Waals surface area contributed by atoms with Crippen LogP contribution in [0.3, 0.4) is 0 Å². The van der Waals surface area contributed by atoms with Gasteiger partial charge >= 0.3 is 0 Å². The van der Waals surface area contributed by atoms with E-state index in [1.807, 2.05) is 12.1 Å². The molecule has 0 spiro atoms. The SMILES string of the molecule is O=C(c1ccccc1Cl)N1CCN(Cn2nnc3ccccc3c2=O)CC1. The first kappa shape index (κ1) is 17.6. The Hall–Kier alpha value is -2.77. The van der Waals surface area contributed by atoms with Crippen LogP contribution in [0.5, 0.6) is 0 Å². The van der Waals surface area contributed by atoms with Crippen LogP contribution in [0.4, 0.5) is 0 Å². The summed E-state index contributed by atoms with van der Waals surface area (Å²) in [7, 11) is 0. The van der Waals surface area contributed by atoms with Gasteiger partial charge in [-0.2, -0.15) is 4.68 Å². The van der Waals surface area contributed by atoms with Crippen molar-refractivity contribution in [3.63, 3.8) is 0 Å². The van der Waals surface area contributed by atoms with E-state index in [2.05, 4.69) is 15.2 Å². The van der Waals surface area contributed by atoms with Crippen LogP contribution in [0.2, 0.25) is 5.02 Å². The minimum atomic E-state index is -0.157. The second-order valence-electron chi connectivity index (χ2n) is 6.44. The summed E-state index contributed by atoms with van der Waals surface area (Å²) in [5.41, 5.74) is 0.952. The third-order valence-corrected chi connectivity index (χ3v) is 5.06. The maximum Gasteiger partial charge on any atom is 0.278 e. The van der Waals surface area contributed by atoms with E-state index in [4.69, 9.17) is 11.6 Å². The predicted octanol–water partition coefficient (Wildman–Crippen LogP) is 1.86. The smallest absolute Gasteiger partial charge is 0.278 e. The number of amides is 1. The molecule has 8 heteroatoms. The van der Waals surface area contributed by atoms with Crippen molar-refractivity contribution in [3.8, 4) is 0 Å². The zero-order valence-corrected chi connectivity index (χ0v) is 15.3. The van der Waals surface area contributed by atoms with E-state index in [-0.39, 0.29) is 11.5 Å². The lowest BCUT2D eigenvalue weighted by molar-refractivity contribution is 0.0581. The van der Waals surface area contributed by atoms with Crippen molar-refractivity contribution in [3.05, 3.63) is 69.5 Å². The number of aromatic nitrogens is 3. The molecule has 0 aliphatic carbocycles. The van der Waals surface area contributed by atoms with Gasteiger partial charge in [-0.15, -0.1) is 5.10 Å². The Morgan fingerprint density at radius 3 is 2.48 bits per heavy atom. The van der Waals surface area contributed by atoms with Crippen molar-refractivity contribution >= 4 is 28.4 Å². The maximum atomic E-state index is 12.6. The van der Waals surface area contributed by atoms with Crippen molar-refractivity contribution < 1.29 is 4.79 Å². The van der Waals surface area contributed by atoms with Crippen LogP contribution in [0, 0.1) is 0 Å². The van der Waals surface area contributed by atoms with Crippen LogP contribution in [0.1, 0.15) is 10.4 Å². The second-order valence-corrected chi connectivity index (χ2v) is 6.85. The summed E-state index contributed by atoms with van der Waals surface area (Å²) in [5.74, 6) is -0.0667. The number of halogens is 1. The van der Waals surface area contributed by atoms with Gasteiger partial charge in [0.2, 0.25) is 0 Å². The van der Waals surface area contributed by atoms with Crippen molar-refractivity contribution in [1.29, 1.82) is 0 Å². The largest absolute Gasteiger partial charge is 0.336 e. The Morgan fingerprint density at radius 1 is 1.00 bits per heavy atom. The molecule has 7 nitrogen and oxygen atoms in total. The molecule has 27 heavy (non-hydrogen) atoms. The fourth-order valence-corrected chi connectivity index (χ4v) is 3.42. The van der Waals surface area contributed by atoms with Gasteiger partial charge in [0.25, 0.3) is 11.5 Å². The molecule has 1 amide bonds. The van der Waals surface area contributed by atoms with E-state index in [9.17, 15) is 9.59 Å². The molecule has 4 rings (SSSR count). The van der Waals surface area contributed by atoms with E-state index in [1.54, 1.807) is 41.3 Å². The molecule has 3 aromatic rings. The molecule has 0 saturated carbocycles. The Morgan fingerprint density at radius 2 is 1.70 bits per heavy atom. The molecule has 1 fully saturated rings. The molecule has 1 aliphatic rings.